The highest BCUT2D eigenvalue weighted by Crippen LogP contribution is 2.50. The second kappa shape index (κ2) is 5.79. The van der Waals surface area contributed by atoms with Gasteiger partial charge in [0.2, 0.25) is 5.91 Å². The smallest absolute Gasteiger partial charge is 0.306 e. The first-order chi connectivity index (χ1) is 10.1. The third-order valence-electron chi connectivity index (χ3n) is 4.79. The van der Waals surface area contributed by atoms with Crippen LogP contribution in [0.4, 0.5) is 0 Å². The summed E-state index contributed by atoms with van der Waals surface area (Å²) in [6, 6.07) is 2.28. The molecule has 2 aliphatic rings. The van der Waals surface area contributed by atoms with Gasteiger partial charge in [0.25, 0.3) is 0 Å². The maximum absolute atomic E-state index is 12.3. The van der Waals surface area contributed by atoms with Crippen LogP contribution in [0.1, 0.15) is 48.5 Å². The van der Waals surface area contributed by atoms with Gasteiger partial charge in [-0.25, -0.2) is 0 Å². The number of aliphatic carboxylic acids is 1. The fourth-order valence-electron chi connectivity index (χ4n) is 3.33. The molecule has 3 rings (SSSR count). The molecule has 0 saturated heterocycles. The zero-order chi connectivity index (χ0) is 15.0. The number of amides is 1. The van der Waals surface area contributed by atoms with Gasteiger partial charge in [0.05, 0.1) is 5.92 Å². The van der Waals surface area contributed by atoms with Gasteiger partial charge in [0, 0.05) is 22.8 Å². The Morgan fingerprint density at radius 2 is 2.00 bits per heavy atom. The first-order valence-corrected chi connectivity index (χ1v) is 8.51. The Hall–Kier alpha value is -1.36. The van der Waals surface area contributed by atoms with Crippen LogP contribution in [0.15, 0.2) is 11.4 Å². The highest BCUT2D eigenvalue weighted by molar-refractivity contribution is 7.10. The largest absolute Gasteiger partial charge is 0.481 e. The Labute approximate surface area is 128 Å². The van der Waals surface area contributed by atoms with E-state index in [0.29, 0.717) is 18.8 Å². The molecule has 114 valence electrons. The van der Waals surface area contributed by atoms with Gasteiger partial charge in [-0.2, -0.15) is 0 Å². The lowest BCUT2D eigenvalue weighted by atomic mass is 9.86. The lowest BCUT2D eigenvalue weighted by molar-refractivity contribution is -0.142. The summed E-state index contributed by atoms with van der Waals surface area (Å²) in [5.74, 6) is -0.234. The molecule has 1 amide bonds. The lowest BCUT2D eigenvalue weighted by Crippen LogP contribution is -2.39. The van der Waals surface area contributed by atoms with Gasteiger partial charge in [-0.15, -0.1) is 11.3 Å². The number of rotatable bonds is 4. The van der Waals surface area contributed by atoms with E-state index in [-0.39, 0.29) is 23.8 Å². The van der Waals surface area contributed by atoms with E-state index in [1.807, 2.05) is 0 Å². The molecule has 1 heterocycles. The van der Waals surface area contributed by atoms with Crippen molar-refractivity contribution in [2.75, 3.05) is 0 Å². The van der Waals surface area contributed by atoms with Crippen molar-refractivity contribution in [3.63, 3.8) is 0 Å². The first-order valence-electron chi connectivity index (χ1n) is 7.63. The number of nitrogens with one attached hydrogen (secondary N) is 1. The number of carbonyl (C=O) groups is 2. The van der Waals surface area contributed by atoms with Crippen molar-refractivity contribution in [1.82, 2.24) is 5.32 Å². The molecular formula is C16H21NO3S. The fraction of sp³-hybridized carbons (Fsp3) is 0.625. The van der Waals surface area contributed by atoms with Crippen molar-refractivity contribution in [1.29, 1.82) is 0 Å². The predicted octanol–water partition coefficient (Wildman–Crippen LogP) is 2.92. The Kier molecular flexibility index (Phi) is 4.02. The number of thiophene rings is 1. The molecule has 4 nitrogen and oxygen atoms in total. The molecule has 0 aliphatic heterocycles. The van der Waals surface area contributed by atoms with Crippen LogP contribution in [-0.2, 0) is 9.59 Å². The van der Waals surface area contributed by atoms with E-state index in [1.165, 1.54) is 10.4 Å². The standard InChI is InChI=1S/C16H21NO3S/c1-9-6-7-21-14(9)12-8-13(12)15(18)17-11-4-2-10(3-5-11)16(19)20/h6-7,10-13H,2-5,8H2,1H3,(H,17,18)(H,19,20)/t10?,11?,12-,13+/m1/s1. The molecule has 1 aromatic rings. The highest BCUT2D eigenvalue weighted by Gasteiger charge is 2.45. The second-order valence-electron chi connectivity index (χ2n) is 6.31. The number of hydrogen-bond donors (Lipinski definition) is 2. The van der Waals surface area contributed by atoms with E-state index in [9.17, 15) is 9.59 Å². The fourth-order valence-corrected chi connectivity index (χ4v) is 4.44. The second-order valence-corrected chi connectivity index (χ2v) is 7.26. The maximum Gasteiger partial charge on any atom is 0.306 e. The van der Waals surface area contributed by atoms with Crippen LogP contribution in [-0.4, -0.2) is 23.0 Å². The molecule has 2 atom stereocenters. The molecule has 2 saturated carbocycles. The van der Waals surface area contributed by atoms with E-state index in [2.05, 4.69) is 23.7 Å². The number of carboxylic acids is 1. The van der Waals surface area contributed by atoms with Crippen molar-refractivity contribution in [3.05, 3.63) is 21.9 Å². The van der Waals surface area contributed by atoms with Gasteiger partial charge in [0.1, 0.15) is 0 Å². The molecule has 0 unspecified atom stereocenters. The van der Waals surface area contributed by atoms with Crippen molar-refractivity contribution < 1.29 is 14.7 Å². The summed E-state index contributed by atoms with van der Waals surface area (Å²) in [6.07, 6.45) is 3.89. The monoisotopic (exact) mass is 307 g/mol. The van der Waals surface area contributed by atoms with E-state index in [1.54, 1.807) is 11.3 Å². The predicted molar refractivity (Wildman–Crippen MR) is 81.4 cm³/mol. The van der Waals surface area contributed by atoms with E-state index in [0.717, 1.165) is 19.3 Å². The van der Waals surface area contributed by atoms with Gasteiger partial charge in [-0.05, 0) is 56.0 Å². The summed E-state index contributed by atoms with van der Waals surface area (Å²) >= 11 is 1.75. The third-order valence-corrected chi connectivity index (χ3v) is 5.94. The summed E-state index contributed by atoms with van der Waals surface area (Å²) < 4.78 is 0. The van der Waals surface area contributed by atoms with Crippen LogP contribution in [0.3, 0.4) is 0 Å². The molecule has 1 aromatic heterocycles. The molecule has 2 fully saturated rings. The molecule has 21 heavy (non-hydrogen) atoms. The van der Waals surface area contributed by atoms with E-state index < -0.39 is 5.97 Å². The SMILES string of the molecule is Cc1ccsc1[C@@H]1C[C@@H]1C(=O)NC1CCC(C(=O)O)CC1. The third kappa shape index (κ3) is 3.12. The molecule has 0 aromatic carbocycles. The zero-order valence-electron chi connectivity index (χ0n) is 12.2. The van der Waals surface area contributed by atoms with Gasteiger partial charge in [-0.3, -0.25) is 9.59 Å². The van der Waals surface area contributed by atoms with Crippen LogP contribution in [0.2, 0.25) is 0 Å². The average molecular weight is 307 g/mol. The Morgan fingerprint density at radius 1 is 1.29 bits per heavy atom. The number of hydrogen-bond acceptors (Lipinski definition) is 3. The molecule has 0 bridgehead atoms. The molecule has 0 radical (unpaired) electrons. The van der Waals surface area contributed by atoms with E-state index >= 15 is 0 Å². The first kappa shape index (κ1) is 14.6. The van der Waals surface area contributed by atoms with Gasteiger partial charge in [-0.1, -0.05) is 0 Å². The van der Waals surface area contributed by atoms with Crippen LogP contribution in [0.5, 0.6) is 0 Å². The maximum atomic E-state index is 12.3. The Morgan fingerprint density at radius 3 is 2.57 bits per heavy atom. The van der Waals surface area contributed by atoms with Crippen molar-refractivity contribution >= 4 is 23.2 Å². The number of aryl methyl sites for hydroxylation is 1. The van der Waals surface area contributed by atoms with Crippen LogP contribution >= 0.6 is 11.3 Å². The minimum absolute atomic E-state index is 0.125. The highest BCUT2D eigenvalue weighted by atomic mass is 32.1. The minimum atomic E-state index is -0.699. The summed E-state index contributed by atoms with van der Waals surface area (Å²) in [5, 5.41) is 14.2. The van der Waals surface area contributed by atoms with Crippen molar-refractivity contribution in [2.45, 2.75) is 51.0 Å². The summed E-state index contributed by atoms with van der Waals surface area (Å²) in [4.78, 5) is 24.6. The summed E-state index contributed by atoms with van der Waals surface area (Å²) in [6.45, 7) is 2.10. The van der Waals surface area contributed by atoms with Crippen molar-refractivity contribution in [2.24, 2.45) is 11.8 Å². The molecule has 0 spiro atoms. The van der Waals surface area contributed by atoms with Gasteiger partial charge < -0.3 is 10.4 Å². The van der Waals surface area contributed by atoms with Gasteiger partial charge >= 0.3 is 5.97 Å². The van der Waals surface area contributed by atoms with Crippen LogP contribution < -0.4 is 5.32 Å². The topological polar surface area (TPSA) is 66.4 Å². The average Bonchev–Trinajstić information content (AvgIpc) is 3.14. The number of carboxylic acid groups (broad SMARTS) is 1. The van der Waals surface area contributed by atoms with E-state index in [4.69, 9.17) is 5.11 Å². The lowest BCUT2D eigenvalue weighted by Gasteiger charge is -2.26. The zero-order valence-corrected chi connectivity index (χ0v) is 13.0. The summed E-state index contributed by atoms with van der Waals surface area (Å²) in [5.41, 5.74) is 1.29. The Bertz CT molecular complexity index is 545. The van der Waals surface area contributed by atoms with Crippen LogP contribution in [0, 0.1) is 18.8 Å². The molecule has 2 aliphatic carbocycles. The normalized spacial score (nSPS) is 31.7. The van der Waals surface area contributed by atoms with Crippen molar-refractivity contribution in [3.8, 4) is 0 Å². The quantitative estimate of drug-likeness (QED) is 0.899. The molecule has 5 heteroatoms. The summed E-state index contributed by atoms with van der Waals surface area (Å²) in [7, 11) is 0. The van der Waals surface area contributed by atoms with Crippen LogP contribution in [0.25, 0.3) is 0 Å². The minimum Gasteiger partial charge on any atom is -0.481 e. The number of carbonyl (C=O) groups excluding carboxylic acids is 1. The Balaban J connectivity index is 1.48. The van der Waals surface area contributed by atoms with Gasteiger partial charge in [0.15, 0.2) is 0 Å². The molecule has 2 N–H and O–H groups in total. The molecular weight excluding hydrogens is 286 g/mol.